The van der Waals surface area contributed by atoms with Gasteiger partial charge >= 0.3 is 6.03 Å². The summed E-state index contributed by atoms with van der Waals surface area (Å²) in [7, 11) is 0. The molecule has 2 aromatic carbocycles. The number of aromatic nitrogens is 4. The molecule has 4 heterocycles. The number of benzene rings is 2. The number of carbonyl (C=O) groups is 1. The first-order valence-corrected chi connectivity index (χ1v) is 14.1. The van der Waals surface area contributed by atoms with Gasteiger partial charge in [-0.25, -0.2) is 9.78 Å². The van der Waals surface area contributed by atoms with Crippen molar-refractivity contribution in [2.75, 3.05) is 36.4 Å². The zero-order valence-corrected chi connectivity index (χ0v) is 23.4. The number of nitrogens with zero attached hydrogens (tertiary/aromatic N) is 6. The molecule has 0 aliphatic carbocycles. The molecule has 0 bridgehead atoms. The van der Waals surface area contributed by atoms with Crippen LogP contribution in [0.15, 0.2) is 77.6 Å². The Labute approximate surface area is 239 Å². The van der Waals surface area contributed by atoms with Crippen molar-refractivity contribution in [3.63, 3.8) is 0 Å². The maximum atomic E-state index is 13.1. The van der Waals surface area contributed by atoms with Gasteiger partial charge < -0.3 is 19.6 Å². The van der Waals surface area contributed by atoms with Crippen molar-refractivity contribution in [3.05, 3.63) is 95.6 Å². The number of hydrogen-bond donors (Lipinski definition) is 1. The zero-order valence-electron chi connectivity index (χ0n) is 23.4. The highest BCUT2D eigenvalue weighted by molar-refractivity contribution is 5.98. The summed E-state index contributed by atoms with van der Waals surface area (Å²) < 4.78 is 5.78. The van der Waals surface area contributed by atoms with Gasteiger partial charge in [0.15, 0.2) is 0 Å². The molecule has 1 aliphatic heterocycles. The van der Waals surface area contributed by atoms with Crippen LogP contribution >= 0.6 is 0 Å². The van der Waals surface area contributed by atoms with E-state index in [0.717, 1.165) is 47.4 Å². The van der Waals surface area contributed by atoms with E-state index in [4.69, 9.17) is 14.5 Å². The number of amides is 2. The minimum Gasteiger partial charge on any atom is -0.354 e. The van der Waals surface area contributed by atoms with Crippen LogP contribution in [-0.4, -0.2) is 57.2 Å². The Hall–Kier alpha value is -4.79. The largest absolute Gasteiger partial charge is 0.354 e. The van der Waals surface area contributed by atoms with E-state index in [1.165, 1.54) is 11.1 Å². The highest BCUT2D eigenvalue weighted by Crippen LogP contribution is 2.34. The third kappa shape index (κ3) is 5.89. The number of aryl methyl sites for hydroxylation is 2. The third-order valence-electron chi connectivity index (χ3n) is 7.48. The van der Waals surface area contributed by atoms with E-state index in [1.807, 2.05) is 41.3 Å². The Balaban J connectivity index is 1.29. The second kappa shape index (κ2) is 11.8. The number of carbonyl (C=O) groups excluding carboxylic acids is 1. The van der Waals surface area contributed by atoms with E-state index in [0.29, 0.717) is 43.3 Å². The number of nitrogens with one attached hydrogen (secondary N) is 1. The topological polar surface area (TPSA) is 100 Å². The van der Waals surface area contributed by atoms with Crippen molar-refractivity contribution < 1.29 is 9.32 Å². The van der Waals surface area contributed by atoms with Crippen LogP contribution in [-0.2, 0) is 12.8 Å². The SMILES string of the molecule is CCc1ccc(NC(=O)N2CCCN(c3nc(Cc4ccc(C)cc4)nc4onc(-c5cccnc5)c34)CC2)cc1. The fourth-order valence-corrected chi connectivity index (χ4v) is 5.13. The highest BCUT2D eigenvalue weighted by atomic mass is 16.5. The molecule has 2 amide bonds. The van der Waals surface area contributed by atoms with E-state index in [2.05, 4.69) is 58.5 Å². The molecule has 0 radical (unpaired) electrons. The van der Waals surface area contributed by atoms with Crippen molar-refractivity contribution in [2.45, 2.75) is 33.1 Å². The van der Waals surface area contributed by atoms with Crippen LogP contribution in [0.3, 0.4) is 0 Å². The molecule has 9 heteroatoms. The summed E-state index contributed by atoms with van der Waals surface area (Å²) in [6.45, 7) is 6.76. The molecular formula is C32H33N7O2. The second-order valence-electron chi connectivity index (χ2n) is 10.4. The van der Waals surface area contributed by atoms with Crippen LogP contribution in [0.4, 0.5) is 16.3 Å². The van der Waals surface area contributed by atoms with E-state index < -0.39 is 0 Å². The number of rotatable bonds is 6. The van der Waals surface area contributed by atoms with Crippen LogP contribution in [0.1, 0.15) is 35.9 Å². The molecule has 6 rings (SSSR count). The maximum absolute atomic E-state index is 13.1. The van der Waals surface area contributed by atoms with Gasteiger partial charge in [0.05, 0.1) is 0 Å². The summed E-state index contributed by atoms with van der Waals surface area (Å²) in [5.74, 6) is 1.44. The number of hydrogen-bond acceptors (Lipinski definition) is 7. The van der Waals surface area contributed by atoms with Crippen LogP contribution in [0.5, 0.6) is 0 Å². The first kappa shape index (κ1) is 26.4. The average molecular weight is 548 g/mol. The van der Waals surface area contributed by atoms with Crippen molar-refractivity contribution in [2.24, 2.45) is 0 Å². The number of urea groups is 1. The summed E-state index contributed by atoms with van der Waals surface area (Å²) in [6, 6.07) is 20.1. The first-order valence-electron chi connectivity index (χ1n) is 14.1. The Morgan fingerprint density at radius 1 is 0.951 bits per heavy atom. The maximum Gasteiger partial charge on any atom is 0.321 e. The Bertz CT molecular complexity index is 1630. The predicted octanol–water partition coefficient (Wildman–Crippen LogP) is 5.89. The van der Waals surface area contributed by atoms with Crippen LogP contribution in [0.25, 0.3) is 22.4 Å². The summed E-state index contributed by atoms with van der Waals surface area (Å²) >= 11 is 0. The predicted molar refractivity (Wildman–Crippen MR) is 160 cm³/mol. The van der Waals surface area contributed by atoms with Crippen LogP contribution < -0.4 is 10.2 Å². The minimum atomic E-state index is -0.0926. The van der Waals surface area contributed by atoms with Crippen molar-refractivity contribution in [3.8, 4) is 11.3 Å². The molecule has 0 unspecified atom stereocenters. The molecule has 1 aliphatic rings. The molecule has 0 atom stereocenters. The Kier molecular flexibility index (Phi) is 7.58. The van der Waals surface area contributed by atoms with Gasteiger partial charge in [-0.3, -0.25) is 4.98 Å². The monoisotopic (exact) mass is 547 g/mol. The van der Waals surface area contributed by atoms with E-state index in [-0.39, 0.29) is 6.03 Å². The molecule has 9 nitrogen and oxygen atoms in total. The molecule has 208 valence electrons. The summed E-state index contributed by atoms with van der Waals surface area (Å²) in [6.07, 6.45) is 5.84. The molecular weight excluding hydrogens is 514 g/mol. The summed E-state index contributed by atoms with van der Waals surface area (Å²) in [5.41, 5.74) is 6.33. The molecule has 1 fully saturated rings. The Morgan fingerprint density at radius 2 is 1.76 bits per heavy atom. The van der Waals surface area contributed by atoms with Crippen LogP contribution in [0.2, 0.25) is 0 Å². The number of pyridine rings is 1. The smallest absolute Gasteiger partial charge is 0.321 e. The van der Waals surface area contributed by atoms with Crippen molar-refractivity contribution >= 4 is 28.6 Å². The lowest BCUT2D eigenvalue weighted by molar-refractivity contribution is 0.215. The third-order valence-corrected chi connectivity index (χ3v) is 7.48. The quantitative estimate of drug-likeness (QED) is 0.283. The fraction of sp³-hybridized carbons (Fsp3) is 0.281. The summed E-state index contributed by atoms with van der Waals surface area (Å²) in [5, 5.41) is 8.20. The zero-order chi connectivity index (χ0) is 28.2. The Morgan fingerprint density at radius 3 is 2.51 bits per heavy atom. The molecule has 5 aromatic rings. The molecule has 1 N–H and O–H groups in total. The number of anilines is 2. The van der Waals surface area contributed by atoms with Gasteiger partial charge in [0.25, 0.3) is 5.71 Å². The van der Waals surface area contributed by atoms with Gasteiger partial charge in [0, 0.05) is 56.2 Å². The van der Waals surface area contributed by atoms with Gasteiger partial charge in [-0.2, -0.15) is 4.98 Å². The van der Waals surface area contributed by atoms with E-state index in [9.17, 15) is 4.79 Å². The van der Waals surface area contributed by atoms with Gasteiger partial charge in [-0.1, -0.05) is 54.0 Å². The highest BCUT2D eigenvalue weighted by Gasteiger charge is 2.26. The van der Waals surface area contributed by atoms with Crippen LogP contribution in [0, 0.1) is 6.92 Å². The summed E-state index contributed by atoms with van der Waals surface area (Å²) in [4.78, 5) is 31.3. The van der Waals surface area contributed by atoms with Gasteiger partial charge in [0.1, 0.15) is 22.7 Å². The lowest BCUT2D eigenvalue weighted by Gasteiger charge is -2.24. The molecule has 1 saturated heterocycles. The molecule has 0 saturated carbocycles. The fourth-order valence-electron chi connectivity index (χ4n) is 5.13. The molecule has 41 heavy (non-hydrogen) atoms. The second-order valence-corrected chi connectivity index (χ2v) is 10.4. The molecule has 3 aromatic heterocycles. The lowest BCUT2D eigenvalue weighted by Crippen LogP contribution is -2.38. The van der Waals surface area contributed by atoms with Gasteiger partial charge in [-0.05, 0) is 55.2 Å². The number of fused-ring (bicyclic) bond motifs is 1. The first-order chi connectivity index (χ1) is 20.1. The van der Waals surface area contributed by atoms with E-state index in [1.54, 1.807) is 12.4 Å². The minimum absolute atomic E-state index is 0.0926. The van der Waals surface area contributed by atoms with Crippen molar-refractivity contribution in [1.82, 2.24) is 25.0 Å². The van der Waals surface area contributed by atoms with Crippen molar-refractivity contribution in [1.29, 1.82) is 0 Å². The average Bonchev–Trinajstić information content (AvgIpc) is 3.27. The van der Waals surface area contributed by atoms with E-state index >= 15 is 0 Å². The standard InChI is InChI=1S/C32H33N7O2/c1-3-23-11-13-26(14-12-23)34-32(40)39-17-5-16-38(18-19-39)30-28-29(25-6-4-15-33-21-25)37-41-31(28)36-27(35-30)20-24-9-7-22(2)8-10-24/h4,6-15,21H,3,5,16-20H2,1-2H3,(H,34,40). The van der Waals surface area contributed by atoms with Gasteiger partial charge in [0.2, 0.25) is 0 Å². The normalized spacial score (nSPS) is 13.8. The molecule has 0 spiro atoms. The lowest BCUT2D eigenvalue weighted by atomic mass is 10.1. The van der Waals surface area contributed by atoms with Gasteiger partial charge in [-0.15, -0.1) is 0 Å².